The highest BCUT2D eigenvalue weighted by molar-refractivity contribution is 7.47. The van der Waals surface area contributed by atoms with Crippen LogP contribution in [0.1, 0.15) is 316 Å². The molecule has 0 amide bonds. The Bertz CT molecular complexity index is 2880. The Balaban J connectivity index is 4.74. The number of esters is 3. The molecule has 0 aliphatic rings. The minimum absolute atomic E-state index is 0.0745. The van der Waals surface area contributed by atoms with Crippen molar-refractivity contribution < 1.29 is 75.8 Å². The Morgan fingerprint density at radius 3 is 0.699 bits per heavy atom. The summed E-state index contributed by atoms with van der Waals surface area (Å²) in [5, 5.41) is 20.7. The van der Waals surface area contributed by atoms with E-state index in [2.05, 4.69) is 227 Å². The molecule has 5 atom stereocenters. The van der Waals surface area contributed by atoms with Gasteiger partial charge in [-0.25, -0.2) is 9.13 Å². The van der Waals surface area contributed by atoms with E-state index in [1.165, 1.54) is 38.5 Å². The van der Waals surface area contributed by atoms with Gasteiger partial charge in [0.1, 0.15) is 25.4 Å². The lowest BCUT2D eigenvalue weighted by Gasteiger charge is -2.21. The van der Waals surface area contributed by atoms with Crippen molar-refractivity contribution in [2.45, 2.75) is 334 Å². The zero-order chi connectivity index (χ0) is 82.2. The van der Waals surface area contributed by atoms with Gasteiger partial charge in [-0.15, -0.1) is 0 Å². The van der Waals surface area contributed by atoms with Crippen LogP contribution < -0.4 is 0 Å². The molecule has 16 nitrogen and oxygen atoms in total. The summed E-state index contributed by atoms with van der Waals surface area (Å²) in [7, 11) is -9.83. The van der Waals surface area contributed by atoms with Crippen molar-refractivity contribution in [2.24, 2.45) is 0 Å². The summed E-state index contributed by atoms with van der Waals surface area (Å²) in [6.45, 7) is 2.30. The number of unbranched alkanes of at least 4 members (excludes halogenated alkanes) is 23. The second-order valence-electron chi connectivity index (χ2n) is 28.2. The summed E-state index contributed by atoms with van der Waals surface area (Å²) < 4.78 is 61.4. The number of hydrogen-bond donors (Lipinski definition) is 4. The van der Waals surface area contributed by atoms with E-state index in [1.54, 1.807) is 0 Å². The fourth-order valence-corrected chi connectivity index (χ4v) is 12.6. The lowest BCUT2D eigenvalue weighted by molar-refractivity contribution is -0.161. The molecule has 0 heterocycles. The standard InChI is InChI=1S/C95H154O16P2/c1-4-7-10-13-16-19-22-25-28-31-34-37-40-43-44-47-49-51-54-57-60-63-66-69-72-75-78-81-93(98)105-84-90(96)85-107-112(101,102)108-86-91(97)87-109-113(103,104)110-89-92(111-95(100)83-80-77-74-71-68-65-62-59-56-53-50-46-42-39-36-33-30-27-24-21-18-15-12-9-6-3)88-106-94(99)82-79-76-73-70-67-64-61-58-55-52-48-45-41-38-35-32-29-26-23-20-17-14-11-8-5-2/h7-12,16-21,25-30,34-39,43-46,48,50,55-56,58-59,90-92,96-97H,4-6,13-15,22-24,31-33,40-42,47,49,51-54,57,60-89H2,1-3H3,(H,101,102)(H,103,104)/b10-7-,11-8-,12-9-,19-16-,20-17-,21-18-,28-25-,29-26-,30-27-,37-34-,38-35-,39-36-,44-43-,48-45-,50-46-,58-55-,59-56-. The first-order valence-electron chi connectivity index (χ1n) is 43.4. The number of phosphoric acid groups is 2. The second kappa shape index (κ2) is 85.5. The Kier molecular flexibility index (Phi) is 81.1. The first kappa shape index (κ1) is 107. The van der Waals surface area contributed by atoms with Gasteiger partial charge < -0.3 is 34.2 Å². The van der Waals surface area contributed by atoms with Crippen LogP contribution in [0, 0.1) is 0 Å². The molecule has 0 aromatic carbocycles. The number of carbonyl (C=O) groups excluding carboxylic acids is 3. The average molecular weight is 1610 g/mol. The lowest BCUT2D eigenvalue weighted by atomic mass is 10.0. The number of ether oxygens (including phenoxy) is 3. The number of hydrogen-bond acceptors (Lipinski definition) is 14. The van der Waals surface area contributed by atoms with Crippen molar-refractivity contribution in [3.63, 3.8) is 0 Å². The molecule has 0 radical (unpaired) electrons. The van der Waals surface area contributed by atoms with Gasteiger partial charge >= 0.3 is 33.6 Å². The smallest absolute Gasteiger partial charge is 0.463 e. The molecule has 0 aromatic rings. The van der Waals surface area contributed by atoms with Crippen LogP contribution in [0.4, 0.5) is 0 Å². The Labute approximate surface area is 686 Å². The minimum Gasteiger partial charge on any atom is -0.463 e. The third-order valence-electron chi connectivity index (χ3n) is 17.5. The number of aliphatic hydroxyl groups excluding tert-OH is 2. The Morgan fingerprint density at radius 1 is 0.248 bits per heavy atom. The van der Waals surface area contributed by atoms with E-state index in [1.807, 2.05) is 0 Å². The van der Waals surface area contributed by atoms with Gasteiger partial charge in [0.25, 0.3) is 0 Å². The number of allylic oxidation sites excluding steroid dienone is 34. The van der Waals surface area contributed by atoms with E-state index < -0.39 is 91.5 Å². The molecule has 5 unspecified atom stereocenters. The van der Waals surface area contributed by atoms with Crippen molar-refractivity contribution in [1.82, 2.24) is 0 Å². The normalized spacial score (nSPS) is 14.9. The van der Waals surface area contributed by atoms with Crippen LogP contribution in [0.2, 0.25) is 0 Å². The molecule has 4 N–H and O–H groups in total. The van der Waals surface area contributed by atoms with Gasteiger partial charge in [0.2, 0.25) is 0 Å². The molecule has 0 saturated heterocycles. The summed E-state index contributed by atoms with van der Waals surface area (Å²) in [5.41, 5.74) is 0. The number of rotatable bonds is 80. The molecule has 113 heavy (non-hydrogen) atoms. The minimum atomic E-state index is -4.96. The number of aliphatic hydroxyl groups is 2. The maximum atomic E-state index is 13.1. The Hall–Kier alpha value is -5.87. The van der Waals surface area contributed by atoms with E-state index >= 15 is 0 Å². The summed E-state index contributed by atoms with van der Waals surface area (Å²) in [5.74, 6) is -1.62. The van der Waals surface area contributed by atoms with Crippen LogP contribution >= 0.6 is 15.6 Å². The molecule has 0 aliphatic carbocycles. The summed E-state index contributed by atoms with van der Waals surface area (Å²) >= 11 is 0. The average Bonchev–Trinajstić information content (AvgIpc) is 0.906. The van der Waals surface area contributed by atoms with E-state index in [4.69, 9.17) is 32.3 Å². The summed E-state index contributed by atoms with van der Waals surface area (Å²) in [6, 6.07) is 0. The van der Waals surface area contributed by atoms with Gasteiger partial charge in [-0.05, 0) is 167 Å². The Morgan fingerprint density at radius 2 is 0.442 bits per heavy atom. The maximum absolute atomic E-state index is 13.1. The zero-order valence-electron chi connectivity index (χ0n) is 70.2. The van der Waals surface area contributed by atoms with Crippen LogP contribution in [0.15, 0.2) is 207 Å². The van der Waals surface area contributed by atoms with Gasteiger partial charge in [-0.1, -0.05) is 337 Å². The summed E-state index contributed by atoms with van der Waals surface area (Å²) in [4.78, 5) is 58.9. The molecular formula is C95H154O16P2. The van der Waals surface area contributed by atoms with Gasteiger partial charge in [0, 0.05) is 19.3 Å². The summed E-state index contributed by atoms with van der Waals surface area (Å²) in [6.07, 6.45) is 114. The predicted octanol–water partition coefficient (Wildman–Crippen LogP) is 26.4. The molecule has 0 aliphatic heterocycles. The third-order valence-corrected chi connectivity index (χ3v) is 19.4. The van der Waals surface area contributed by atoms with Crippen molar-refractivity contribution in [2.75, 3.05) is 39.6 Å². The van der Waals surface area contributed by atoms with E-state index in [9.17, 15) is 43.5 Å². The molecule has 18 heteroatoms. The van der Waals surface area contributed by atoms with Crippen LogP contribution in [-0.2, 0) is 55.8 Å². The quantitative estimate of drug-likeness (QED) is 0.0146. The molecular weight excluding hydrogens is 1460 g/mol. The lowest BCUT2D eigenvalue weighted by Crippen LogP contribution is -2.30. The van der Waals surface area contributed by atoms with Crippen molar-refractivity contribution in [3.8, 4) is 0 Å². The molecule has 640 valence electrons. The van der Waals surface area contributed by atoms with Gasteiger partial charge in [-0.3, -0.25) is 32.5 Å². The molecule has 0 fully saturated rings. The molecule has 0 saturated carbocycles. The maximum Gasteiger partial charge on any atom is 0.472 e. The van der Waals surface area contributed by atoms with E-state index in [0.717, 1.165) is 218 Å². The first-order chi connectivity index (χ1) is 55.2. The van der Waals surface area contributed by atoms with Gasteiger partial charge in [0.05, 0.1) is 26.4 Å². The largest absolute Gasteiger partial charge is 0.472 e. The monoisotopic (exact) mass is 1610 g/mol. The van der Waals surface area contributed by atoms with Crippen LogP contribution in [0.25, 0.3) is 0 Å². The number of carbonyl (C=O) groups is 3. The fraction of sp³-hybridized carbons (Fsp3) is 0.611. The van der Waals surface area contributed by atoms with Gasteiger partial charge in [0.15, 0.2) is 6.10 Å². The van der Waals surface area contributed by atoms with Crippen molar-refractivity contribution in [1.29, 1.82) is 0 Å². The highest BCUT2D eigenvalue weighted by atomic mass is 31.2. The SMILES string of the molecule is CC/C=C\C/C=C\C/C=C\C/C=C\C/C=C\C/C=C\CCCCCCCCC(=O)OCC(COP(=O)(O)OCC(O)COP(=O)(O)OCC(O)COC(=O)CCCCCCCCCCCCC/C=C\C/C=C\C/C=C\C/C=C\C/C=C\CC)OC(=O)CCCCCCCC/C=C\C/C=C\C/C=C\C/C=C\C/C=C\C/C=C\CC. The number of phosphoric ester groups is 2. The van der Waals surface area contributed by atoms with Crippen molar-refractivity contribution >= 4 is 33.6 Å². The van der Waals surface area contributed by atoms with E-state index in [-0.39, 0.29) is 19.3 Å². The molecule has 0 bridgehead atoms. The third kappa shape index (κ3) is 86.8. The molecule has 0 rings (SSSR count). The van der Waals surface area contributed by atoms with Gasteiger partial charge in [-0.2, -0.15) is 0 Å². The van der Waals surface area contributed by atoms with Crippen molar-refractivity contribution in [3.05, 3.63) is 207 Å². The topological polar surface area (TPSA) is 231 Å². The molecule has 0 aromatic heterocycles. The van der Waals surface area contributed by atoms with E-state index in [0.29, 0.717) is 19.3 Å². The fourth-order valence-electron chi connectivity index (χ4n) is 11.0. The predicted molar refractivity (Wildman–Crippen MR) is 472 cm³/mol. The van der Waals surface area contributed by atoms with Crippen LogP contribution in [0.3, 0.4) is 0 Å². The highest BCUT2D eigenvalue weighted by Crippen LogP contribution is 2.45. The zero-order valence-corrected chi connectivity index (χ0v) is 72.0. The first-order valence-corrected chi connectivity index (χ1v) is 46.4. The highest BCUT2D eigenvalue weighted by Gasteiger charge is 2.29. The van der Waals surface area contributed by atoms with Crippen LogP contribution in [0.5, 0.6) is 0 Å². The van der Waals surface area contributed by atoms with Crippen LogP contribution in [-0.4, -0.2) is 95.9 Å². The molecule has 0 spiro atoms. The second-order valence-corrected chi connectivity index (χ2v) is 31.1.